The number of nitrogens with zero attached hydrogens (tertiary/aromatic N) is 1. The van der Waals surface area contributed by atoms with Crippen LogP contribution in [-0.2, 0) is 4.74 Å². The van der Waals surface area contributed by atoms with Crippen molar-refractivity contribution < 1.29 is 9.53 Å². The van der Waals surface area contributed by atoms with Gasteiger partial charge in [-0.15, -0.1) is 0 Å². The first kappa shape index (κ1) is 20.9. The van der Waals surface area contributed by atoms with Gasteiger partial charge in [-0.3, -0.25) is 0 Å². The molecule has 0 bridgehead atoms. The van der Waals surface area contributed by atoms with Crippen LogP contribution in [0.4, 0.5) is 5.69 Å². The van der Waals surface area contributed by atoms with Crippen molar-refractivity contribution in [1.82, 2.24) is 10.2 Å². The summed E-state index contributed by atoms with van der Waals surface area (Å²) in [6.07, 6.45) is 3.70. The van der Waals surface area contributed by atoms with Gasteiger partial charge in [-0.05, 0) is 75.6 Å². The summed E-state index contributed by atoms with van der Waals surface area (Å²) in [5.41, 5.74) is 1.10. The average molecular weight is 398 g/mol. The fourth-order valence-corrected chi connectivity index (χ4v) is 3.61. The SMILES string of the molecule is CCOC(=O)c1ccc(NC(=S)NCCCN2CCCC(C)C2)cc1Cl. The van der Waals surface area contributed by atoms with Crippen LogP contribution in [0.2, 0.25) is 5.02 Å². The van der Waals surface area contributed by atoms with Crippen LogP contribution in [0, 0.1) is 5.92 Å². The summed E-state index contributed by atoms with van der Waals surface area (Å²) in [6, 6.07) is 5.08. The Morgan fingerprint density at radius 3 is 2.96 bits per heavy atom. The van der Waals surface area contributed by atoms with E-state index in [9.17, 15) is 4.79 Å². The number of hydrogen-bond donors (Lipinski definition) is 2. The van der Waals surface area contributed by atoms with E-state index in [1.165, 1.54) is 25.9 Å². The summed E-state index contributed by atoms with van der Waals surface area (Å²) in [7, 11) is 0. The molecule has 1 unspecified atom stereocenters. The maximum absolute atomic E-state index is 11.8. The molecule has 1 fully saturated rings. The molecule has 0 radical (unpaired) electrons. The van der Waals surface area contributed by atoms with Gasteiger partial charge in [0.25, 0.3) is 0 Å². The molecule has 0 amide bonds. The molecule has 1 aromatic carbocycles. The molecule has 1 aliphatic heterocycles. The van der Waals surface area contributed by atoms with Crippen molar-refractivity contribution in [3.63, 3.8) is 0 Å². The summed E-state index contributed by atoms with van der Waals surface area (Å²) in [5, 5.41) is 7.21. The molecule has 1 aromatic rings. The lowest BCUT2D eigenvalue weighted by Gasteiger charge is -2.30. The Labute approximate surface area is 166 Å². The van der Waals surface area contributed by atoms with Crippen LogP contribution < -0.4 is 10.6 Å². The average Bonchev–Trinajstić information content (AvgIpc) is 2.59. The second kappa shape index (κ2) is 10.7. The lowest BCUT2D eigenvalue weighted by Crippen LogP contribution is -2.37. The van der Waals surface area contributed by atoms with Gasteiger partial charge >= 0.3 is 5.97 Å². The van der Waals surface area contributed by atoms with Gasteiger partial charge in [0, 0.05) is 18.8 Å². The van der Waals surface area contributed by atoms with Gasteiger partial charge in [-0.1, -0.05) is 18.5 Å². The number of likely N-dealkylation sites (tertiary alicyclic amines) is 1. The molecule has 1 saturated heterocycles. The van der Waals surface area contributed by atoms with Gasteiger partial charge in [0.05, 0.1) is 17.2 Å². The summed E-state index contributed by atoms with van der Waals surface area (Å²) in [6.45, 7) is 8.73. The number of hydrogen-bond acceptors (Lipinski definition) is 4. The van der Waals surface area contributed by atoms with Crippen molar-refractivity contribution in [2.45, 2.75) is 33.1 Å². The van der Waals surface area contributed by atoms with Crippen molar-refractivity contribution in [3.8, 4) is 0 Å². The first-order chi connectivity index (χ1) is 12.5. The standard InChI is InChI=1S/C19H28ClN3O2S/c1-3-25-18(24)16-8-7-15(12-17(16)20)22-19(26)21-9-5-11-23-10-4-6-14(2)13-23/h7-8,12,14H,3-6,9-11,13H2,1-2H3,(H2,21,22,26). The molecule has 1 aliphatic rings. The summed E-state index contributed by atoms with van der Waals surface area (Å²) in [5.74, 6) is 0.388. The van der Waals surface area contributed by atoms with Crippen molar-refractivity contribution >= 4 is 40.6 Å². The number of thiocarbonyl (C=S) groups is 1. The number of rotatable bonds is 7. The van der Waals surface area contributed by atoms with Gasteiger partial charge in [-0.25, -0.2) is 4.79 Å². The lowest BCUT2D eigenvalue weighted by molar-refractivity contribution is 0.0526. The molecule has 7 heteroatoms. The van der Waals surface area contributed by atoms with E-state index in [0.717, 1.165) is 31.1 Å². The van der Waals surface area contributed by atoms with Crippen LogP contribution in [-0.4, -0.2) is 48.8 Å². The number of halogens is 1. The molecule has 2 N–H and O–H groups in total. The smallest absolute Gasteiger partial charge is 0.339 e. The Bertz CT molecular complexity index is 627. The maximum Gasteiger partial charge on any atom is 0.339 e. The van der Waals surface area contributed by atoms with Crippen LogP contribution in [0.5, 0.6) is 0 Å². The second-order valence-electron chi connectivity index (χ2n) is 6.70. The van der Waals surface area contributed by atoms with Gasteiger partial charge in [-0.2, -0.15) is 0 Å². The van der Waals surface area contributed by atoms with Gasteiger partial charge in [0.2, 0.25) is 0 Å². The quantitative estimate of drug-likeness (QED) is 0.413. The van der Waals surface area contributed by atoms with E-state index in [1.54, 1.807) is 25.1 Å². The molecular formula is C19H28ClN3O2S. The number of benzene rings is 1. The Morgan fingerprint density at radius 1 is 1.46 bits per heavy atom. The van der Waals surface area contributed by atoms with Gasteiger partial charge < -0.3 is 20.3 Å². The normalized spacial score (nSPS) is 17.6. The van der Waals surface area contributed by atoms with Crippen molar-refractivity contribution in [2.75, 3.05) is 38.1 Å². The number of piperidine rings is 1. The highest BCUT2D eigenvalue weighted by atomic mass is 35.5. The molecule has 144 valence electrons. The zero-order valence-electron chi connectivity index (χ0n) is 15.5. The third-order valence-corrected chi connectivity index (χ3v) is 4.96. The number of carbonyl (C=O) groups excluding carboxylic acids is 1. The molecule has 0 aromatic heterocycles. The predicted molar refractivity (Wildman–Crippen MR) is 111 cm³/mol. The Morgan fingerprint density at radius 2 is 2.27 bits per heavy atom. The molecule has 5 nitrogen and oxygen atoms in total. The van der Waals surface area contributed by atoms with E-state index in [4.69, 9.17) is 28.6 Å². The van der Waals surface area contributed by atoms with Gasteiger partial charge in [0.1, 0.15) is 0 Å². The topological polar surface area (TPSA) is 53.6 Å². The van der Waals surface area contributed by atoms with Crippen LogP contribution >= 0.6 is 23.8 Å². The highest BCUT2D eigenvalue weighted by Crippen LogP contribution is 2.22. The van der Waals surface area contributed by atoms with Crippen LogP contribution in [0.25, 0.3) is 0 Å². The van der Waals surface area contributed by atoms with Gasteiger partial charge in [0.15, 0.2) is 5.11 Å². The minimum atomic E-state index is -0.420. The van der Waals surface area contributed by atoms with E-state index >= 15 is 0 Å². The number of carbonyl (C=O) groups is 1. The number of ether oxygens (including phenoxy) is 1. The highest BCUT2D eigenvalue weighted by Gasteiger charge is 2.15. The Kier molecular flexibility index (Phi) is 8.62. The third kappa shape index (κ3) is 6.74. The van der Waals surface area contributed by atoms with E-state index in [0.29, 0.717) is 22.3 Å². The van der Waals surface area contributed by atoms with E-state index < -0.39 is 5.97 Å². The second-order valence-corrected chi connectivity index (χ2v) is 7.51. The van der Waals surface area contributed by atoms with Crippen LogP contribution in [0.1, 0.15) is 43.5 Å². The van der Waals surface area contributed by atoms with E-state index in [1.807, 2.05) is 0 Å². The minimum absolute atomic E-state index is 0.319. The molecule has 1 atom stereocenters. The maximum atomic E-state index is 11.8. The zero-order valence-corrected chi connectivity index (χ0v) is 17.1. The molecule has 26 heavy (non-hydrogen) atoms. The highest BCUT2D eigenvalue weighted by molar-refractivity contribution is 7.80. The Balaban J connectivity index is 1.72. The molecular weight excluding hydrogens is 370 g/mol. The Hall–Kier alpha value is -1.37. The van der Waals surface area contributed by atoms with Crippen molar-refractivity contribution in [2.24, 2.45) is 5.92 Å². The monoisotopic (exact) mass is 397 g/mol. The number of esters is 1. The van der Waals surface area contributed by atoms with Crippen molar-refractivity contribution in [3.05, 3.63) is 28.8 Å². The molecule has 0 aliphatic carbocycles. The van der Waals surface area contributed by atoms with Crippen LogP contribution in [0.3, 0.4) is 0 Å². The molecule has 2 rings (SSSR count). The third-order valence-electron chi connectivity index (χ3n) is 4.40. The predicted octanol–water partition coefficient (Wildman–Crippen LogP) is 3.93. The van der Waals surface area contributed by atoms with E-state index in [2.05, 4.69) is 22.5 Å². The first-order valence-electron chi connectivity index (χ1n) is 9.23. The fourth-order valence-electron chi connectivity index (χ4n) is 3.14. The first-order valence-corrected chi connectivity index (χ1v) is 10.0. The summed E-state index contributed by atoms with van der Waals surface area (Å²) >= 11 is 11.5. The number of anilines is 1. The van der Waals surface area contributed by atoms with Crippen molar-refractivity contribution in [1.29, 1.82) is 0 Å². The van der Waals surface area contributed by atoms with E-state index in [-0.39, 0.29) is 0 Å². The molecule has 0 saturated carbocycles. The number of nitrogens with one attached hydrogen (secondary N) is 2. The summed E-state index contributed by atoms with van der Waals surface area (Å²) < 4.78 is 4.97. The fraction of sp³-hybridized carbons (Fsp3) is 0.579. The molecule has 0 spiro atoms. The largest absolute Gasteiger partial charge is 0.462 e. The zero-order chi connectivity index (χ0) is 18.9. The summed E-state index contributed by atoms with van der Waals surface area (Å²) in [4.78, 5) is 14.3. The molecule has 1 heterocycles. The lowest BCUT2D eigenvalue weighted by atomic mass is 10.0. The van der Waals surface area contributed by atoms with Crippen LogP contribution in [0.15, 0.2) is 18.2 Å². The minimum Gasteiger partial charge on any atom is -0.462 e.